The summed E-state index contributed by atoms with van der Waals surface area (Å²) in [6.45, 7) is 4.55. The molecule has 0 N–H and O–H groups in total. The zero-order chi connectivity index (χ0) is 15.8. The molecule has 118 valence electrons. The summed E-state index contributed by atoms with van der Waals surface area (Å²) in [5.74, 6) is 1.04. The van der Waals surface area contributed by atoms with Crippen LogP contribution in [0.25, 0.3) is 0 Å². The molecule has 23 heavy (non-hydrogen) atoms. The van der Waals surface area contributed by atoms with E-state index in [4.69, 9.17) is 0 Å². The molecule has 0 atom stereocenters. The van der Waals surface area contributed by atoms with Crippen molar-refractivity contribution in [2.24, 2.45) is 5.92 Å². The molecule has 0 amide bonds. The second kappa shape index (κ2) is 5.93. The van der Waals surface area contributed by atoms with Crippen molar-refractivity contribution < 1.29 is 4.79 Å². The Hall–Kier alpha value is -1.93. The molecule has 0 unspecified atom stereocenters. The van der Waals surface area contributed by atoms with E-state index in [1.54, 1.807) is 0 Å². The summed E-state index contributed by atoms with van der Waals surface area (Å²) >= 11 is 0. The highest BCUT2D eigenvalue weighted by Gasteiger charge is 2.35. The summed E-state index contributed by atoms with van der Waals surface area (Å²) in [5.41, 5.74) is 4.14. The second-order valence-electron chi connectivity index (χ2n) is 6.79. The Kier molecular flexibility index (Phi) is 3.78. The summed E-state index contributed by atoms with van der Waals surface area (Å²) in [5, 5.41) is 0. The number of carbonyl (C=O) groups is 1. The van der Waals surface area contributed by atoms with Crippen molar-refractivity contribution >= 4 is 5.78 Å². The summed E-state index contributed by atoms with van der Waals surface area (Å²) in [6.07, 6.45) is 3.82. The van der Waals surface area contributed by atoms with E-state index in [9.17, 15) is 4.79 Å². The number of piperidine rings is 1. The van der Waals surface area contributed by atoms with Gasteiger partial charge in [-0.15, -0.1) is 0 Å². The predicted molar refractivity (Wildman–Crippen MR) is 92.7 cm³/mol. The van der Waals surface area contributed by atoms with E-state index in [1.807, 2.05) is 24.3 Å². The Bertz CT molecular complexity index is 679. The van der Waals surface area contributed by atoms with Crippen LogP contribution in [0.3, 0.4) is 0 Å². The SMILES string of the molecule is CCC1CCN(C2c3ccccc3C(=O)c3ccccc32)CC1. The van der Waals surface area contributed by atoms with Gasteiger partial charge >= 0.3 is 0 Å². The van der Waals surface area contributed by atoms with Crippen molar-refractivity contribution in [1.29, 1.82) is 0 Å². The molecule has 0 saturated carbocycles. The number of ketones is 1. The van der Waals surface area contributed by atoms with Crippen LogP contribution in [0.1, 0.15) is 59.3 Å². The maximum absolute atomic E-state index is 12.8. The first-order chi connectivity index (χ1) is 11.3. The van der Waals surface area contributed by atoms with Crippen LogP contribution in [0.2, 0.25) is 0 Å². The van der Waals surface area contributed by atoms with Crippen LogP contribution in [0.5, 0.6) is 0 Å². The zero-order valence-electron chi connectivity index (χ0n) is 13.7. The van der Waals surface area contributed by atoms with Gasteiger partial charge in [0.25, 0.3) is 0 Å². The highest BCUT2D eigenvalue weighted by Crippen LogP contribution is 2.40. The van der Waals surface area contributed by atoms with Gasteiger partial charge in [-0.1, -0.05) is 61.9 Å². The Balaban J connectivity index is 1.78. The smallest absolute Gasteiger partial charge is 0.193 e. The number of hydrogen-bond donors (Lipinski definition) is 0. The Morgan fingerprint density at radius 1 is 0.913 bits per heavy atom. The molecule has 0 spiro atoms. The molecule has 1 heterocycles. The van der Waals surface area contributed by atoms with E-state index < -0.39 is 0 Å². The van der Waals surface area contributed by atoms with Crippen LogP contribution >= 0.6 is 0 Å². The molecular weight excluding hydrogens is 282 g/mol. The fourth-order valence-corrected chi connectivity index (χ4v) is 4.21. The summed E-state index contributed by atoms with van der Waals surface area (Å²) in [4.78, 5) is 15.4. The van der Waals surface area contributed by atoms with Crippen molar-refractivity contribution in [2.45, 2.75) is 32.2 Å². The molecule has 2 heteroatoms. The second-order valence-corrected chi connectivity index (χ2v) is 6.79. The van der Waals surface area contributed by atoms with Crippen LogP contribution in [0, 0.1) is 5.92 Å². The average Bonchev–Trinajstić information content (AvgIpc) is 2.63. The first kappa shape index (κ1) is 14.6. The van der Waals surface area contributed by atoms with Gasteiger partial charge in [0, 0.05) is 11.1 Å². The number of carbonyl (C=O) groups excluding carboxylic acids is 1. The number of fused-ring (bicyclic) bond motifs is 2. The topological polar surface area (TPSA) is 20.3 Å². The minimum Gasteiger partial charge on any atom is -0.292 e. The van der Waals surface area contributed by atoms with Crippen LogP contribution in [-0.4, -0.2) is 23.8 Å². The maximum atomic E-state index is 12.8. The van der Waals surface area contributed by atoms with E-state index in [-0.39, 0.29) is 11.8 Å². The average molecular weight is 305 g/mol. The van der Waals surface area contributed by atoms with E-state index in [2.05, 4.69) is 36.1 Å². The van der Waals surface area contributed by atoms with Gasteiger partial charge in [0.2, 0.25) is 0 Å². The first-order valence-electron chi connectivity index (χ1n) is 8.76. The predicted octanol–water partition coefficient (Wildman–Crippen LogP) is 4.44. The zero-order valence-corrected chi connectivity index (χ0v) is 13.7. The lowest BCUT2D eigenvalue weighted by molar-refractivity contribution is 0.101. The van der Waals surface area contributed by atoms with E-state index in [1.165, 1.54) is 30.4 Å². The lowest BCUT2D eigenvalue weighted by atomic mass is 9.80. The van der Waals surface area contributed by atoms with Crippen LogP contribution in [0.15, 0.2) is 48.5 Å². The molecule has 1 aliphatic heterocycles. The molecule has 2 aliphatic rings. The number of likely N-dealkylation sites (tertiary alicyclic amines) is 1. The number of benzene rings is 2. The van der Waals surface area contributed by atoms with Gasteiger partial charge in [-0.3, -0.25) is 9.69 Å². The monoisotopic (exact) mass is 305 g/mol. The molecule has 0 bridgehead atoms. The molecular formula is C21H23NO. The van der Waals surface area contributed by atoms with E-state index >= 15 is 0 Å². The molecule has 0 aromatic heterocycles. The minimum absolute atomic E-state index is 0.177. The van der Waals surface area contributed by atoms with Crippen molar-refractivity contribution in [2.75, 3.05) is 13.1 Å². The summed E-state index contributed by atoms with van der Waals surface area (Å²) in [6, 6.07) is 16.6. The van der Waals surface area contributed by atoms with Crippen molar-refractivity contribution in [1.82, 2.24) is 4.90 Å². The van der Waals surface area contributed by atoms with Gasteiger partial charge < -0.3 is 0 Å². The minimum atomic E-state index is 0.177. The fraction of sp³-hybridized carbons (Fsp3) is 0.381. The Labute approximate surface area is 138 Å². The van der Waals surface area contributed by atoms with E-state index in [0.29, 0.717) is 0 Å². The fourth-order valence-electron chi connectivity index (χ4n) is 4.21. The quantitative estimate of drug-likeness (QED) is 0.817. The lowest BCUT2D eigenvalue weighted by Gasteiger charge is -2.40. The molecule has 1 saturated heterocycles. The van der Waals surface area contributed by atoms with Gasteiger partial charge in [-0.05, 0) is 43.0 Å². The third kappa shape index (κ3) is 2.42. The lowest BCUT2D eigenvalue weighted by Crippen LogP contribution is -2.39. The molecule has 2 aromatic rings. The molecule has 1 aliphatic carbocycles. The highest BCUT2D eigenvalue weighted by atomic mass is 16.1. The standard InChI is InChI=1S/C21H23NO/c1-2-15-11-13-22(14-12-15)20-16-7-3-5-9-18(16)21(23)19-10-6-4-8-17(19)20/h3-10,15,20H,2,11-14H2,1H3. The summed E-state index contributed by atoms with van der Waals surface area (Å²) in [7, 11) is 0. The molecule has 2 nitrogen and oxygen atoms in total. The normalized spacial score (nSPS) is 19.4. The van der Waals surface area contributed by atoms with Crippen LogP contribution < -0.4 is 0 Å². The Morgan fingerprint density at radius 3 is 1.96 bits per heavy atom. The molecule has 1 fully saturated rings. The summed E-state index contributed by atoms with van der Waals surface area (Å²) < 4.78 is 0. The molecule has 2 aromatic carbocycles. The number of rotatable bonds is 2. The third-order valence-electron chi connectivity index (χ3n) is 5.59. The number of nitrogens with zero attached hydrogens (tertiary/aromatic N) is 1. The van der Waals surface area contributed by atoms with Crippen molar-refractivity contribution in [3.05, 3.63) is 70.8 Å². The van der Waals surface area contributed by atoms with Crippen molar-refractivity contribution in [3.8, 4) is 0 Å². The number of hydrogen-bond acceptors (Lipinski definition) is 2. The van der Waals surface area contributed by atoms with Crippen LogP contribution in [0.4, 0.5) is 0 Å². The van der Waals surface area contributed by atoms with Crippen molar-refractivity contribution in [3.63, 3.8) is 0 Å². The largest absolute Gasteiger partial charge is 0.292 e. The van der Waals surface area contributed by atoms with E-state index in [0.717, 1.165) is 30.1 Å². The third-order valence-corrected chi connectivity index (χ3v) is 5.59. The highest BCUT2D eigenvalue weighted by molar-refractivity contribution is 6.12. The van der Waals surface area contributed by atoms with Gasteiger partial charge in [0.15, 0.2) is 5.78 Å². The van der Waals surface area contributed by atoms with Crippen LogP contribution in [-0.2, 0) is 0 Å². The van der Waals surface area contributed by atoms with Gasteiger partial charge in [0.05, 0.1) is 6.04 Å². The Morgan fingerprint density at radius 2 is 1.43 bits per heavy atom. The maximum Gasteiger partial charge on any atom is 0.193 e. The van der Waals surface area contributed by atoms with Gasteiger partial charge in [-0.25, -0.2) is 0 Å². The van der Waals surface area contributed by atoms with Gasteiger partial charge in [0.1, 0.15) is 0 Å². The molecule has 0 radical (unpaired) electrons. The molecule has 4 rings (SSSR count). The first-order valence-corrected chi connectivity index (χ1v) is 8.76. The van der Waals surface area contributed by atoms with Gasteiger partial charge in [-0.2, -0.15) is 0 Å².